The Morgan fingerprint density at radius 3 is 2.29 bits per heavy atom. The molecule has 4 nitrogen and oxygen atoms in total. The van der Waals surface area contributed by atoms with Gasteiger partial charge in [-0.25, -0.2) is 0 Å². The Morgan fingerprint density at radius 2 is 1.76 bits per heavy atom. The molecular weight excluding hydrogens is 348 g/mol. The minimum atomic E-state index is 0.515. The Bertz CT molecular complexity index is 404. The van der Waals surface area contributed by atoms with Gasteiger partial charge in [0.15, 0.2) is 0 Å². The minimum Gasteiger partial charge on any atom is -0.326 e. The number of hydrogen-bond acceptors (Lipinski definition) is 3. The van der Waals surface area contributed by atoms with Crippen LogP contribution < -0.4 is 5.73 Å². The molecule has 1 aromatic carbocycles. The van der Waals surface area contributed by atoms with Gasteiger partial charge in [-0.15, -0.1) is 5.11 Å². The van der Waals surface area contributed by atoms with E-state index in [1.54, 1.807) is 0 Å². The number of rotatable bonds is 3. The maximum absolute atomic E-state index is 5.61. The zero-order valence-electron chi connectivity index (χ0n) is 9.37. The molecule has 0 spiro atoms. The van der Waals surface area contributed by atoms with Crippen LogP contribution in [0.1, 0.15) is 18.4 Å². The van der Waals surface area contributed by atoms with E-state index in [-0.39, 0.29) is 0 Å². The Morgan fingerprint density at radius 1 is 1.18 bits per heavy atom. The van der Waals surface area contributed by atoms with Crippen LogP contribution in [0.15, 0.2) is 31.4 Å². The molecule has 2 N–H and O–H groups in total. The molecule has 0 atom stereocenters. The van der Waals surface area contributed by atoms with Gasteiger partial charge in [-0.3, -0.25) is 5.01 Å². The van der Waals surface area contributed by atoms with Crippen molar-refractivity contribution in [2.24, 2.45) is 16.1 Å². The van der Waals surface area contributed by atoms with Crippen LogP contribution in [0, 0.1) is 0 Å². The molecule has 17 heavy (non-hydrogen) atoms. The van der Waals surface area contributed by atoms with Crippen molar-refractivity contribution >= 4 is 37.5 Å². The summed E-state index contributed by atoms with van der Waals surface area (Å²) >= 11 is 6.98. The summed E-state index contributed by atoms with van der Waals surface area (Å²) in [6.07, 6.45) is 2.40. The molecule has 1 heterocycles. The molecule has 0 aliphatic carbocycles. The van der Waals surface area contributed by atoms with E-state index in [1.807, 2.05) is 17.1 Å². The fourth-order valence-corrected chi connectivity index (χ4v) is 3.17. The highest BCUT2D eigenvalue weighted by Gasteiger charge is 2.10. The van der Waals surface area contributed by atoms with Crippen molar-refractivity contribution in [3.63, 3.8) is 0 Å². The van der Waals surface area contributed by atoms with Gasteiger partial charge >= 0.3 is 0 Å². The fraction of sp³-hybridized carbons (Fsp3) is 0.455. The largest absolute Gasteiger partial charge is 0.326 e. The summed E-state index contributed by atoms with van der Waals surface area (Å²) in [5.41, 5.74) is 7.48. The van der Waals surface area contributed by atoms with Gasteiger partial charge in [-0.2, -0.15) is 0 Å². The van der Waals surface area contributed by atoms with Crippen LogP contribution in [0.25, 0.3) is 0 Å². The Balaban J connectivity index is 2.20. The lowest BCUT2D eigenvalue weighted by Gasteiger charge is -2.09. The zero-order chi connectivity index (χ0) is 12.3. The van der Waals surface area contributed by atoms with E-state index in [4.69, 9.17) is 5.73 Å². The smallest absolute Gasteiger partial charge is 0.116 e. The Kier molecular flexibility index (Phi) is 4.53. The van der Waals surface area contributed by atoms with E-state index in [9.17, 15) is 0 Å². The van der Waals surface area contributed by atoms with Gasteiger partial charge in [0, 0.05) is 28.6 Å². The average Bonchev–Trinajstić information content (AvgIpc) is 2.80. The quantitative estimate of drug-likeness (QED) is 0.833. The van der Waals surface area contributed by atoms with E-state index in [0.717, 1.165) is 33.3 Å². The molecule has 0 bridgehead atoms. The summed E-state index contributed by atoms with van der Waals surface area (Å²) in [5, 5.41) is 10.5. The first-order valence-electron chi connectivity index (χ1n) is 5.55. The highest BCUT2D eigenvalue weighted by molar-refractivity contribution is 9.11. The molecular formula is C11H14Br2N4. The van der Waals surface area contributed by atoms with Gasteiger partial charge in [-0.1, -0.05) is 5.22 Å². The topological polar surface area (TPSA) is 54.0 Å². The fourth-order valence-electron chi connectivity index (χ4n) is 1.73. The Hall–Kier alpha value is -0.460. The van der Waals surface area contributed by atoms with Crippen molar-refractivity contribution in [1.82, 2.24) is 5.01 Å². The van der Waals surface area contributed by atoms with Gasteiger partial charge in [0.1, 0.15) is 5.69 Å². The molecule has 1 aliphatic rings. The van der Waals surface area contributed by atoms with Gasteiger partial charge in [0.05, 0.1) is 0 Å². The van der Waals surface area contributed by atoms with Crippen LogP contribution in [0.5, 0.6) is 0 Å². The maximum atomic E-state index is 5.61. The second-order valence-electron chi connectivity index (χ2n) is 3.96. The molecule has 0 aromatic heterocycles. The number of hydrogen-bond donors (Lipinski definition) is 1. The van der Waals surface area contributed by atoms with Crippen LogP contribution in [-0.2, 0) is 6.54 Å². The Labute approximate surface area is 118 Å². The number of nitrogens with two attached hydrogens (primary N) is 1. The lowest BCUT2D eigenvalue weighted by Crippen LogP contribution is -2.09. The predicted molar refractivity (Wildman–Crippen MR) is 75.1 cm³/mol. The number of benzene rings is 1. The summed E-state index contributed by atoms with van der Waals surface area (Å²) in [7, 11) is 0. The summed E-state index contributed by atoms with van der Waals surface area (Å²) in [4.78, 5) is 0. The average molecular weight is 362 g/mol. The molecule has 1 fully saturated rings. The highest BCUT2D eigenvalue weighted by Crippen LogP contribution is 2.35. The van der Waals surface area contributed by atoms with Crippen LogP contribution in [0.4, 0.5) is 5.69 Å². The van der Waals surface area contributed by atoms with Crippen molar-refractivity contribution in [2.75, 3.05) is 13.1 Å². The van der Waals surface area contributed by atoms with Crippen LogP contribution >= 0.6 is 31.9 Å². The molecule has 0 amide bonds. The summed E-state index contributed by atoms with van der Waals surface area (Å²) < 4.78 is 1.82. The van der Waals surface area contributed by atoms with Gasteiger partial charge in [0.25, 0.3) is 0 Å². The maximum Gasteiger partial charge on any atom is 0.116 e. The van der Waals surface area contributed by atoms with Crippen molar-refractivity contribution < 1.29 is 0 Å². The number of nitrogens with zero attached hydrogens (tertiary/aromatic N) is 3. The van der Waals surface area contributed by atoms with Gasteiger partial charge < -0.3 is 5.73 Å². The molecule has 6 heteroatoms. The van der Waals surface area contributed by atoms with Crippen LogP contribution in [0.2, 0.25) is 0 Å². The van der Waals surface area contributed by atoms with Crippen molar-refractivity contribution in [1.29, 1.82) is 0 Å². The first-order valence-corrected chi connectivity index (χ1v) is 7.14. The molecule has 1 aromatic rings. The van der Waals surface area contributed by atoms with Crippen molar-refractivity contribution in [3.8, 4) is 0 Å². The van der Waals surface area contributed by atoms with Gasteiger partial charge in [-0.05, 0) is 62.4 Å². The standard InChI is InChI=1S/C11H14Br2N4/c12-9-5-8(7-14)6-10(13)11(9)15-16-17-3-1-2-4-17/h5-6H,1-4,7,14H2. The lowest BCUT2D eigenvalue weighted by atomic mass is 10.2. The van der Waals surface area contributed by atoms with Crippen LogP contribution in [-0.4, -0.2) is 18.1 Å². The van der Waals surface area contributed by atoms with Gasteiger partial charge in [0.2, 0.25) is 0 Å². The second-order valence-corrected chi connectivity index (χ2v) is 5.67. The third kappa shape index (κ3) is 3.26. The monoisotopic (exact) mass is 360 g/mol. The molecule has 92 valence electrons. The molecule has 0 unspecified atom stereocenters. The van der Waals surface area contributed by atoms with E-state index in [0.29, 0.717) is 6.54 Å². The van der Waals surface area contributed by atoms with E-state index >= 15 is 0 Å². The van der Waals surface area contributed by atoms with Crippen LogP contribution in [0.3, 0.4) is 0 Å². The van der Waals surface area contributed by atoms with E-state index in [1.165, 1.54) is 12.8 Å². The zero-order valence-corrected chi connectivity index (χ0v) is 12.5. The first kappa shape index (κ1) is 13.0. The predicted octanol–water partition coefficient (Wildman–Crippen LogP) is 3.76. The van der Waals surface area contributed by atoms with Crippen molar-refractivity contribution in [3.05, 3.63) is 26.6 Å². The third-order valence-electron chi connectivity index (χ3n) is 2.67. The SMILES string of the molecule is NCc1cc(Br)c(N=NN2CCCC2)c(Br)c1. The molecule has 0 radical (unpaired) electrons. The van der Waals surface area contributed by atoms with E-state index in [2.05, 4.69) is 42.2 Å². The lowest BCUT2D eigenvalue weighted by molar-refractivity contribution is 0.336. The molecule has 1 saturated heterocycles. The first-order chi connectivity index (χ1) is 8.20. The molecule has 0 saturated carbocycles. The summed E-state index contributed by atoms with van der Waals surface area (Å²) in [6.45, 7) is 2.51. The summed E-state index contributed by atoms with van der Waals surface area (Å²) in [5.74, 6) is 0. The molecule has 2 rings (SSSR count). The molecule has 1 aliphatic heterocycles. The normalized spacial score (nSPS) is 16.1. The van der Waals surface area contributed by atoms with Crippen molar-refractivity contribution in [2.45, 2.75) is 19.4 Å². The summed E-state index contributed by atoms with van der Waals surface area (Å²) in [6, 6.07) is 3.95. The third-order valence-corrected chi connectivity index (χ3v) is 3.88. The highest BCUT2D eigenvalue weighted by atomic mass is 79.9. The number of halogens is 2. The minimum absolute atomic E-state index is 0.515. The second kappa shape index (κ2) is 5.93. The van der Waals surface area contributed by atoms with E-state index < -0.39 is 0 Å².